The Morgan fingerprint density at radius 1 is 1.21 bits per heavy atom. The first-order valence-electron chi connectivity index (χ1n) is 13.3. The number of aliphatic hydroxyl groups excluding tert-OH is 1. The fourth-order valence-corrected chi connectivity index (χ4v) is 7.13. The van der Waals surface area contributed by atoms with E-state index >= 15 is 0 Å². The fourth-order valence-electron chi connectivity index (χ4n) is 4.71. The highest BCUT2D eigenvalue weighted by molar-refractivity contribution is 8.09. The number of hydrogen-bond donors (Lipinski definition) is 4. The molecule has 0 aliphatic carbocycles. The summed E-state index contributed by atoms with van der Waals surface area (Å²) in [4.78, 5) is 25.0. The van der Waals surface area contributed by atoms with Gasteiger partial charge in [-0.05, 0) is 51.0 Å². The molecule has 4 aromatic rings. The first-order valence-corrected chi connectivity index (χ1v) is 15.9. The third-order valence-corrected chi connectivity index (χ3v) is 9.31. The molecule has 5 rings (SSSR count). The molecule has 0 saturated carbocycles. The number of hydrogen-bond acceptors (Lipinski definition) is 12. The Morgan fingerprint density at radius 3 is 2.71 bits per heavy atom. The molecule has 1 fully saturated rings. The van der Waals surface area contributed by atoms with Gasteiger partial charge in [-0.25, -0.2) is 20.0 Å². The van der Waals surface area contributed by atoms with Gasteiger partial charge in [0.05, 0.1) is 19.0 Å². The average Bonchev–Trinajstić information content (AvgIpc) is 3.46. The lowest BCUT2D eigenvalue weighted by Crippen LogP contribution is -2.44. The maximum absolute atomic E-state index is 12.6. The number of ether oxygens (including phenoxy) is 2. The van der Waals surface area contributed by atoms with Crippen molar-refractivity contribution in [3.8, 4) is 5.75 Å². The van der Waals surface area contributed by atoms with Gasteiger partial charge in [0, 0.05) is 5.39 Å². The molecule has 13 nitrogen and oxygen atoms in total. The van der Waals surface area contributed by atoms with E-state index in [9.17, 15) is 15.0 Å². The topological polar surface area (TPSA) is 176 Å². The highest BCUT2D eigenvalue weighted by Crippen LogP contribution is 2.49. The molecule has 5 N–H and O–H groups in total. The van der Waals surface area contributed by atoms with Gasteiger partial charge in [-0.1, -0.05) is 36.4 Å². The molecule has 42 heavy (non-hydrogen) atoms. The van der Waals surface area contributed by atoms with E-state index < -0.39 is 42.7 Å². The van der Waals surface area contributed by atoms with Gasteiger partial charge in [0.2, 0.25) is 0 Å². The SMILES string of the molecule is CC(C)OC(=O)[C@H](C)NP(=S)(OC[C@H]1O[C@@H](n2cnc3c(N)ncnc32)[C@](C)(O)[C@@H]1O)Oc1cccc2ccccc12. The largest absolute Gasteiger partial charge is 0.462 e. The van der Waals surface area contributed by atoms with Gasteiger partial charge in [0.1, 0.15) is 41.4 Å². The number of nitrogens with zero attached hydrogens (tertiary/aromatic N) is 4. The predicted octanol–water partition coefficient (Wildman–Crippen LogP) is 2.82. The Hall–Kier alpha value is -3.23. The lowest BCUT2D eigenvalue weighted by molar-refractivity contribution is -0.149. The molecule has 1 aliphatic heterocycles. The van der Waals surface area contributed by atoms with Gasteiger partial charge >= 0.3 is 12.6 Å². The van der Waals surface area contributed by atoms with E-state index in [1.54, 1.807) is 26.8 Å². The lowest BCUT2D eigenvalue weighted by Gasteiger charge is -2.29. The number of aliphatic hydroxyl groups is 2. The van der Waals surface area contributed by atoms with Crippen LogP contribution >= 0.6 is 6.64 Å². The normalized spacial score (nSPS) is 24.6. The number of nitrogens with one attached hydrogen (secondary N) is 1. The summed E-state index contributed by atoms with van der Waals surface area (Å²) in [5, 5.41) is 27.1. The van der Waals surface area contributed by atoms with Gasteiger partial charge < -0.3 is 34.5 Å². The second kappa shape index (κ2) is 11.8. The standard InChI is InChI=1S/C27H33N6O7PS/c1-15(2)38-25(35)16(3)32-41(42,40-19-11-7-9-17-8-5-6-10-18(17)19)37-12-20-22(34)27(4,36)26(39-20)33-14-31-21-23(28)29-13-30-24(21)33/h5-11,13-16,20,22,26,34,36H,12H2,1-4H3,(H,32,42)(H2,28,29,30)/t16-,20+,22+,26+,27+,41?/m0/s1. The summed E-state index contributed by atoms with van der Waals surface area (Å²) < 4.78 is 25.3. The first kappa shape index (κ1) is 30.2. The second-order valence-corrected chi connectivity index (χ2v) is 13.6. The smallest absolute Gasteiger partial charge is 0.323 e. The van der Waals surface area contributed by atoms with E-state index in [1.165, 1.54) is 24.1 Å². The first-order chi connectivity index (χ1) is 19.9. The van der Waals surface area contributed by atoms with E-state index in [2.05, 4.69) is 20.0 Å². The molecular weight excluding hydrogens is 583 g/mol. The second-order valence-electron chi connectivity index (χ2n) is 10.5. The molecular formula is C27H33N6O7PS. The fraction of sp³-hybridized carbons (Fsp3) is 0.407. The molecule has 1 unspecified atom stereocenters. The molecule has 0 amide bonds. The Kier molecular flexibility index (Phi) is 8.50. The zero-order chi connectivity index (χ0) is 30.2. The van der Waals surface area contributed by atoms with Crippen LogP contribution in [0.3, 0.4) is 0 Å². The van der Waals surface area contributed by atoms with E-state index in [0.717, 1.165) is 10.8 Å². The highest BCUT2D eigenvalue weighted by atomic mass is 32.5. The zero-order valence-corrected chi connectivity index (χ0v) is 25.2. The van der Waals surface area contributed by atoms with Crippen molar-refractivity contribution in [1.29, 1.82) is 0 Å². The van der Waals surface area contributed by atoms with E-state index in [1.807, 2.05) is 36.4 Å². The van der Waals surface area contributed by atoms with Crippen LogP contribution in [-0.2, 0) is 30.6 Å². The number of aromatic nitrogens is 4. The van der Waals surface area contributed by atoms with Crippen LogP contribution < -0.4 is 15.3 Å². The summed E-state index contributed by atoms with van der Waals surface area (Å²) in [5.41, 5.74) is 4.79. The third kappa shape index (κ3) is 5.97. The maximum Gasteiger partial charge on any atom is 0.323 e. The number of anilines is 1. The van der Waals surface area contributed by atoms with Crippen molar-refractivity contribution < 1.29 is 33.5 Å². The molecule has 15 heteroatoms. The molecule has 2 aromatic carbocycles. The van der Waals surface area contributed by atoms with Crippen molar-refractivity contribution in [1.82, 2.24) is 24.6 Å². The van der Waals surface area contributed by atoms with Crippen molar-refractivity contribution in [2.75, 3.05) is 12.3 Å². The molecule has 0 spiro atoms. The molecule has 6 atom stereocenters. The van der Waals surface area contributed by atoms with Crippen LogP contribution in [0, 0.1) is 0 Å². The Bertz CT molecular complexity index is 1640. The number of benzene rings is 2. The quantitative estimate of drug-likeness (QED) is 0.151. The van der Waals surface area contributed by atoms with Crippen molar-refractivity contribution in [3.63, 3.8) is 0 Å². The summed E-state index contributed by atoms with van der Waals surface area (Å²) in [7, 11) is 0. The third-order valence-electron chi connectivity index (χ3n) is 6.83. The van der Waals surface area contributed by atoms with Crippen LogP contribution in [0.2, 0.25) is 0 Å². The van der Waals surface area contributed by atoms with E-state index in [4.69, 9.17) is 36.1 Å². The van der Waals surface area contributed by atoms with Crippen LogP contribution in [0.5, 0.6) is 5.75 Å². The van der Waals surface area contributed by atoms with Crippen LogP contribution in [0.1, 0.15) is 33.9 Å². The Morgan fingerprint density at radius 2 is 1.95 bits per heavy atom. The van der Waals surface area contributed by atoms with Crippen molar-refractivity contribution in [2.24, 2.45) is 0 Å². The summed E-state index contributed by atoms with van der Waals surface area (Å²) in [6, 6.07) is 12.2. The van der Waals surface area contributed by atoms with Crippen LogP contribution in [0.25, 0.3) is 21.9 Å². The molecule has 224 valence electrons. The molecule has 2 aromatic heterocycles. The Labute approximate surface area is 247 Å². The molecule has 0 radical (unpaired) electrons. The van der Waals surface area contributed by atoms with Crippen molar-refractivity contribution in [2.45, 2.75) is 63.9 Å². The van der Waals surface area contributed by atoms with Crippen molar-refractivity contribution >= 4 is 52.2 Å². The van der Waals surface area contributed by atoms with Crippen molar-refractivity contribution in [3.05, 3.63) is 55.1 Å². The van der Waals surface area contributed by atoms with Crippen LogP contribution in [0.4, 0.5) is 5.82 Å². The summed E-state index contributed by atoms with van der Waals surface area (Å²) in [6.45, 7) is 2.75. The maximum atomic E-state index is 12.6. The van der Waals surface area contributed by atoms with Crippen LogP contribution in [0.15, 0.2) is 55.1 Å². The molecule has 3 heterocycles. The zero-order valence-electron chi connectivity index (χ0n) is 23.4. The van der Waals surface area contributed by atoms with E-state index in [0.29, 0.717) is 16.9 Å². The van der Waals surface area contributed by atoms with Gasteiger partial charge in [-0.2, -0.15) is 0 Å². The average molecular weight is 617 g/mol. The minimum Gasteiger partial charge on any atom is -0.462 e. The number of rotatable bonds is 10. The minimum atomic E-state index is -3.49. The molecule has 1 aliphatic rings. The number of nitrogens with two attached hydrogens (primary N) is 1. The van der Waals surface area contributed by atoms with Gasteiger partial charge in [0.25, 0.3) is 0 Å². The molecule has 1 saturated heterocycles. The minimum absolute atomic E-state index is 0.166. The number of imidazole rings is 1. The number of esters is 1. The van der Waals surface area contributed by atoms with Gasteiger partial charge in [0.15, 0.2) is 17.7 Å². The number of nitrogen functional groups attached to an aromatic ring is 1. The Balaban J connectivity index is 1.40. The summed E-state index contributed by atoms with van der Waals surface area (Å²) in [6.07, 6.45) is -1.19. The number of carbonyl (C=O) groups excluding carboxylic acids is 1. The summed E-state index contributed by atoms with van der Waals surface area (Å²) >= 11 is 5.88. The van der Waals surface area contributed by atoms with Gasteiger partial charge in [-0.3, -0.25) is 9.36 Å². The predicted molar refractivity (Wildman–Crippen MR) is 159 cm³/mol. The molecule has 0 bridgehead atoms. The van der Waals surface area contributed by atoms with Crippen LogP contribution in [-0.4, -0.2) is 72.3 Å². The monoisotopic (exact) mass is 616 g/mol. The van der Waals surface area contributed by atoms with E-state index in [-0.39, 0.29) is 18.5 Å². The highest BCUT2D eigenvalue weighted by Gasteiger charge is 2.54. The summed E-state index contributed by atoms with van der Waals surface area (Å²) in [5.74, 6) is 0.0882. The number of carbonyl (C=O) groups is 1. The lowest BCUT2D eigenvalue weighted by atomic mass is 9.96. The number of fused-ring (bicyclic) bond motifs is 2. The van der Waals surface area contributed by atoms with Gasteiger partial charge in [-0.15, -0.1) is 0 Å².